The maximum absolute atomic E-state index is 11.1. The zero-order chi connectivity index (χ0) is 12.5. The summed E-state index contributed by atoms with van der Waals surface area (Å²) in [6, 6.07) is 5.17. The molecule has 6 heteroatoms. The molecule has 2 rings (SSSR count). The third-order valence-corrected chi connectivity index (χ3v) is 3.93. The van der Waals surface area contributed by atoms with Gasteiger partial charge in [0.25, 0.3) is 9.05 Å². The van der Waals surface area contributed by atoms with Crippen molar-refractivity contribution < 1.29 is 13.5 Å². The number of pyridine rings is 1. The number of hydrogen-bond donors (Lipinski definition) is 1. The van der Waals surface area contributed by atoms with Crippen LogP contribution in [0.25, 0.3) is 0 Å². The van der Waals surface area contributed by atoms with Crippen molar-refractivity contribution in [2.75, 3.05) is 0 Å². The van der Waals surface area contributed by atoms with Crippen LogP contribution in [0.4, 0.5) is 0 Å². The van der Waals surface area contributed by atoms with Crippen LogP contribution in [0.3, 0.4) is 0 Å². The van der Waals surface area contributed by atoms with E-state index in [4.69, 9.17) is 10.7 Å². The van der Waals surface area contributed by atoms with E-state index in [-0.39, 0.29) is 11.3 Å². The quantitative estimate of drug-likeness (QED) is 0.831. The molecule has 0 fully saturated rings. The highest BCUT2D eigenvalue weighted by molar-refractivity contribution is 8.17. The van der Waals surface area contributed by atoms with Gasteiger partial charge in [-0.1, -0.05) is 12.1 Å². The summed E-state index contributed by atoms with van der Waals surface area (Å²) in [6.07, 6.45) is 5.77. The van der Waals surface area contributed by atoms with Crippen molar-refractivity contribution in [3.8, 4) is 0 Å². The molecule has 0 amide bonds. The van der Waals surface area contributed by atoms with E-state index >= 15 is 0 Å². The Morgan fingerprint density at radius 1 is 1.41 bits per heavy atom. The summed E-state index contributed by atoms with van der Waals surface area (Å²) in [6.45, 7) is 0. The summed E-state index contributed by atoms with van der Waals surface area (Å²) < 4.78 is 22.2. The molecule has 0 saturated carbocycles. The lowest BCUT2D eigenvalue weighted by atomic mass is 9.91. The number of aliphatic hydroxyl groups is 1. The normalized spacial score (nSPS) is 24.5. The van der Waals surface area contributed by atoms with Crippen LogP contribution in [0.5, 0.6) is 0 Å². The summed E-state index contributed by atoms with van der Waals surface area (Å²) in [5, 5.41) is 10.3. The zero-order valence-electron chi connectivity index (χ0n) is 8.75. The fourth-order valence-corrected chi connectivity index (χ4v) is 2.46. The lowest BCUT2D eigenvalue weighted by molar-refractivity contribution is 0.0867. The van der Waals surface area contributed by atoms with Gasteiger partial charge in [-0.15, -0.1) is 0 Å². The van der Waals surface area contributed by atoms with Crippen LogP contribution in [-0.4, -0.2) is 18.5 Å². The molecule has 1 aliphatic carbocycles. The monoisotopic (exact) mass is 271 g/mol. The molecule has 0 radical (unpaired) electrons. The second kappa shape index (κ2) is 4.25. The molecule has 0 unspecified atom stereocenters. The topological polar surface area (TPSA) is 67.3 Å². The van der Waals surface area contributed by atoms with E-state index in [1.54, 1.807) is 24.4 Å². The molecule has 0 aliphatic heterocycles. The Morgan fingerprint density at radius 2 is 2.18 bits per heavy atom. The van der Waals surface area contributed by atoms with E-state index in [2.05, 4.69) is 4.98 Å². The molecule has 1 aliphatic rings. The minimum atomic E-state index is -3.74. The molecule has 17 heavy (non-hydrogen) atoms. The van der Waals surface area contributed by atoms with Gasteiger partial charge in [-0.2, -0.15) is 0 Å². The van der Waals surface area contributed by atoms with Crippen LogP contribution in [0.2, 0.25) is 0 Å². The highest BCUT2D eigenvalue weighted by Gasteiger charge is 2.30. The maximum Gasteiger partial charge on any atom is 0.260 e. The molecular weight excluding hydrogens is 262 g/mol. The number of allylic oxidation sites excluding steroid dienone is 1. The minimum absolute atomic E-state index is 0.000210. The minimum Gasteiger partial charge on any atom is -0.379 e. The standard InChI is InChI=1S/C11H10ClNO3S/c12-17(15,16)9-4-6-11(14,7-5-9)10-3-1-2-8-13-10/h1-6,8,14H,7H2/t11-/m1/s1. The van der Waals surface area contributed by atoms with Gasteiger partial charge in [0.1, 0.15) is 5.60 Å². The second-order valence-electron chi connectivity index (χ2n) is 3.72. The van der Waals surface area contributed by atoms with E-state index < -0.39 is 14.7 Å². The zero-order valence-corrected chi connectivity index (χ0v) is 10.3. The van der Waals surface area contributed by atoms with Crippen LogP contribution in [0.15, 0.2) is 47.5 Å². The first kappa shape index (κ1) is 12.3. The molecule has 1 aromatic rings. The first-order valence-corrected chi connectivity index (χ1v) is 7.21. The first-order chi connectivity index (χ1) is 7.92. The van der Waals surface area contributed by atoms with E-state index in [9.17, 15) is 13.5 Å². The third kappa shape index (κ3) is 2.57. The van der Waals surface area contributed by atoms with E-state index in [0.717, 1.165) is 0 Å². The lowest BCUT2D eigenvalue weighted by Gasteiger charge is -2.25. The van der Waals surface area contributed by atoms with Gasteiger partial charge in [0.05, 0.1) is 10.6 Å². The van der Waals surface area contributed by atoms with Crippen LogP contribution < -0.4 is 0 Å². The van der Waals surface area contributed by atoms with Gasteiger partial charge in [0, 0.05) is 23.3 Å². The van der Waals surface area contributed by atoms with Crippen LogP contribution in [0.1, 0.15) is 12.1 Å². The number of hydrogen-bond acceptors (Lipinski definition) is 4. The lowest BCUT2D eigenvalue weighted by Crippen LogP contribution is -2.25. The van der Waals surface area contributed by atoms with Crippen molar-refractivity contribution >= 4 is 19.7 Å². The first-order valence-electron chi connectivity index (χ1n) is 4.90. The van der Waals surface area contributed by atoms with Gasteiger partial charge in [-0.05, 0) is 24.3 Å². The molecule has 1 N–H and O–H groups in total. The van der Waals surface area contributed by atoms with Gasteiger partial charge >= 0.3 is 0 Å². The number of aromatic nitrogens is 1. The van der Waals surface area contributed by atoms with Crippen molar-refractivity contribution in [1.82, 2.24) is 4.98 Å². The van der Waals surface area contributed by atoms with Crippen LogP contribution in [-0.2, 0) is 14.7 Å². The molecule has 90 valence electrons. The van der Waals surface area contributed by atoms with Gasteiger partial charge in [-0.25, -0.2) is 8.42 Å². The Kier molecular flexibility index (Phi) is 3.07. The van der Waals surface area contributed by atoms with Gasteiger partial charge < -0.3 is 5.11 Å². The number of halogens is 1. The van der Waals surface area contributed by atoms with E-state index in [0.29, 0.717) is 5.69 Å². The van der Waals surface area contributed by atoms with E-state index in [1.807, 2.05) is 0 Å². The molecular formula is C11H10ClNO3S. The maximum atomic E-state index is 11.1. The molecule has 1 aromatic heterocycles. The predicted octanol–water partition coefficient (Wildman–Crippen LogP) is 1.68. The van der Waals surface area contributed by atoms with Gasteiger partial charge in [0.15, 0.2) is 0 Å². The molecule has 1 heterocycles. The third-order valence-electron chi connectivity index (χ3n) is 2.53. The van der Waals surface area contributed by atoms with E-state index in [1.165, 1.54) is 18.2 Å². The van der Waals surface area contributed by atoms with Crippen molar-refractivity contribution in [1.29, 1.82) is 0 Å². The Hall–Kier alpha value is -1.17. The largest absolute Gasteiger partial charge is 0.379 e. The Labute approximate surface area is 104 Å². The molecule has 0 spiro atoms. The molecule has 0 saturated heterocycles. The second-order valence-corrected chi connectivity index (χ2v) is 6.29. The Morgan fingerprint density at radius 3 is 2.65 bits per heavy atom. The fourth-order valence-electron chi connectivity index (χ4n) is 1.60. The molecule has 0 aromatic carbocycles. The van der Waals surface area contributed by atoms with Crippen molar-refractivity contribution in [2.45, 2.75) is 12.0 Å². The average molecular weight is 272 g/mol. The summed E-state index contributed by atoms with van der Waals surface area (Å²) in [5.41, 5.74) is -0.801. The van der Waals surface area contributed by atoms with Gasteiger partial charge in [-0.3, -0.25) is 4.98 Å². The summed E-state index contributed by atoms with van der Waals surface area (Å²) in [5.74, 6) is 0. The number of nitrogens with zero attached hydrogens (tertiary/aromatic N) is 1. The highest BCUT2D eigenvalue weighted by Crippen LogP contribution is 2.32. The SMILES string of the molecule is O=S(=O)(Cl)C1=CC[C@@](O)(c2ccccn2)C=C1. The summed E-state index contributed by atoms with van der Waals surface area (Å²) in [7, 11) is 1.46. The number of rotatable bonds is 2. The Balaban J connectivity index is 2.31. The smallest absolute Gasteiger partial charge is 0.260 e. The van der Waals surface area contributed by atoms with Crippen LogP contribution >= 0.6 is 10.7 Å². The van der Waals surface area contributed by atoms with Crippen molar-refractivity contribution in [3.63, 3.8) is 0 Å². The molecule has 0 bridgehead atoms. The van der Waals surface area contributed by atoms with Crippen molar-refractivity contribution in [2.24, 2.45) is 0 Å². The summed E-state index contributed by atoms with van der Waals surface area (Å²) >= 11 is 0. The fraction of sp³-hybridized carbons (Fsp3) is 0.182. The average Bonchev–Trinajstić information content (AvgIpc) is 2.29. The van der Waals surface area contributed by atoms with Crippen LogP contribution in [0, 0.1) is 0 Å². The molecule has 1 atom stereocenters. The van der Waals surface area contributed by atoms with Gasteiger partial charge in [0.2, 0.25) is 0 Å². The Bertz CT molecular complexity index is 580. The molecule has 4 nitrogen and oxygen atoms in total. The highest BCUT2D eigenvalue weighted by atomic mass is 35.7. The summed E-state index contributed by atoms with van der Waals surface area (Å²) in [4.78, 5) is 4.05. The predicted molar refractivity (Wildman–Crippen MR) is 64.7 cm³/mol. The van der Waals surface area contributed by atoms with Crippen molar-refractivity contribution in [3.05, 3.63) is 53.2 Å².